The van der Waals surface area contributed by atoms with Crippen LogP contribution < -0.4 is 24.4 Å². The lowest BCUT2D eigenvalue weighted by molar-refractivity contribution is 0.102. The Morgan fingerprint density at radius 2 is 1.72 bits per heavy atom. The molecule has 1 saturated heterocycles. The lowest BCUT2D eigenvalue weighted by atomic mass is 10.0. The fraction of sp³-hybridized carbons (Fsp3) is 0.219. The van der Waals surface area contributed by atoms with Crippen molar-refractivity contribution >= 4 is 17.3 Å². The van der Waals surface area contributed by atoms with Gasteiger partial charge in [-0.05, 0) is 78.3 Å². The molecule has 7 nitrogen and oxygen atoms in total. The Hall–Kier alpha value is -4.49. The van der Waals surface area contributed by atoms with E-state index in [4.69, 9.17) is 14.2 Å². The van der Waals surface area contributed by atoms with Gasteiger partial charge in [0.15, 0.2) is 6.23 Å². The third-order valence-corrected chi connectivity index (χ3v) is 7.35. The highest BCUT2D eigenvalue weighted by atomic mass is 16.5. The number of methoxy groups -OCH3 is 2. The van der Waals surface area contributed by atoms with E-state index < -0.39 is 0 Å². The largest absolute Gasteiger partial charge is 0.497 e. The van der Waals surface area contributed by atoms with Gasteiger partial charge < -0.3 is 24.4 Å². The van der Waals surface area contributed by atoms with Crippen LogP contribution in [0.5, 0.6) is 17.2 Å². The fourth-order valence-corrected chi connectivity index (χ4v) is 5.24. The fourth-order valence-electron chi connectivity index (χ4n) is 5.24. The third kappa shape index (κ3) is 4.89. The number of hydrogen-bond donors (Lipinski definition) is 1. The average Bonchev–Trinajstić information content (AvgIpc) is 3.34. The molecule has 1 unspecified atom stereocenters. The van der Waals surface area contributed by atoms with E-state index in [2.05, 4.69) is 40.4 Å². The first-order valence-corrected chi connectivity index (χ1v) is 13.0. The van der Waals surface area contributed by atoms with Crippen molar-refractivity contribution < 1.29 is 19.0 Å². The first-order valence-electron chi connectivity index (χ1n) is 13.0. The highest BCUT2D eigenvalue weighted by molar-refractivity contribution is 6.05. The van der Waals surface area contributed by atoms with E-state index in [-0.39, 0.29) is 12.1 Å². The Morgan fingerprint density at radius 3 is 2.51 bits per heavy atom. The third-order valence-electron chi connectivity index (χ3n) is 7.35. The Kier molecular flexibility index (Phi) is 6.59. The van der Waals surface area contributed by atoms with Crippen LogP contribution in [0.4, 0.5) is 11.4 Å². The van der Waals surface area contributed by atoms with E-state index in [1.165, 1.54) is 0 Å². The van der Waals surface area contributed by atoms with Gasteiger partial charge in [0.05, 0.1) is 26.6 Å². The number of ether oxygens (including phenoxy) is 3. The number of carbonyl (C=O) groups excluding carboxylic acids is 1. The van der Waals surface area contributed by atoms with Gasteiger partial charge in [0.1, 0.15) is 17.2 Å². The van der Waals surface area contributed by atoms with E-state index in [0.29, 0.717) is 11.3 Å². The number of fused-ring (bicyclic) bond motifs is 3. The number of hydrogen-bond acceptors (Lipinski definition) is 6. The predicted octanol–water partition coefficient (Wildman–Crippen LogP) is 6.11. The minimum atomic E-state index is -0.190. The molecule has 2 aliphatic heterocycles. The molecule has 198 valence electrons. The molecule has 4 aromatic rings. The summed E-state index contributed by atoms with van der Waals surface area (Å²) >= 11 is 0. The molecule has 0 aromatic heterocycles. The molecule has 4 aromatic carbocycles. The van der Waals surface area contributed by atoms with Crippen LogP contribution >= 0.6 is 0 Å². The number of rotatable bonds is 6. The van der Waals surface area contributed by atoms with E-state index in [9.17, 15) is 4.79 Å². The van der Waals surface area contributed by atoms with Gasteiger partial charge >= 0.3 is 0 Å². The predicted molar refractivity (Wildman–Crippen MR) is 154 cm³/mol. The number of nitrogens with zero attached hydrogens (tertiary/aromatic N) is 2. The summed E-state index contributed by atoms with van der Waals surface area (Å²) in [6, 6.07) is 27.4. The van der Waals surface area contributed by atoms with Crippen molar-refractivity contribution in [3.63, 3.8) is 0 Å². The molecule has 2 heterocycles. The lowest BCUT2D eigenvalue weighted by Gasteiger charge is -2.35. The quantitative estimate of drug-likeness (QED) is 0.330. The maximum Gasteiger partial charge on any atom is 0.255 e. The average molecular weight is 522 g/mol. The topological polar surface area (TPSA) is 63.3 Å². The summed E-state index contributed by atoms with van der Waals surface area (Å²) in [4.78, 5) is 17.8. The molecule has 0 bridgehead atoms. The van der Waals surface area contributed by atoms with Crippen molar-refractivity contribution in [2.24, 2.45) is 0 Å². The highest BCUT2D eigenvalue weighted by Gasteiger charge is 2.34. The van der Waals surface area contributed by atoms with Gasteiger partial charge in [-0.25, -0.2) is 0 Å². The van der Waals surface area contributed by atoms with Gasteiger partial charge in [-0.3, -0.25) is 9.69 Å². The Bertz CT molecular complexity index is 1520. The van der Waals surface area contributed by atoms with Gasteiger partial charge in [-0.1, -0.05) is 30.3 Å². The van der Waals surface area contributed by atoms with Crippen molar-refractivity contribution in [3.05, 3.63) is 90.5 Å². The van der Waals surface area contributed by atoms with Crippen LogP contribution in [0.2, 0.25) is 0 Å². The summed E-state index contributed by atoms with van der Waals surface area (Å²) in [5.41, 5.74) is 6.32. The monoisotopic (exact) mass is 521 g/mol. The summed E-state index contributed by atoms with van der Waals surface area (Å²) in [6.45, 7) is 1.89. The van der Waals surface area contributed by atoms with Crippen LogP contribution in [0.25, 0.3) is 22.3 Å². The number of carbonyl (C=O) groups is 1. The van der Waals surface area contributed by atoms with Crippen LogP contribution in [-0.2, 0) is 0 Å². The Balaban J connectivity index is 1.20. The van der Waals surface area contributed by atoms with Crippen molar-refractivity contribution in [1.29, 1.82) is 0 Å². The zero-order valence-electron chi connectivity index (χ0n) is 22.3. The maximum absolute atomic E-state index is 13.2. The molecule has 0 aliphatic carbocycles. The zero-order valence-corrected chi connectivity index (χ0v) is 22.3. The van der Waals surface area contributed by atoms with Crippen molar-refractivity contribution in [2.45, 2.75) is 12.6 Å². The van der Waals surface area contributed by atoms with Crippen LogP contribution in [-0.4, -0.2) is 51.5 Å². The summed E-state index contributed by atoms with van der Waals surface area (Å²) in [7, 11) is 5.39. The lowest BCUT2D eigenvalue weighted by Crippen LogP contribution is -2.48. The van der Waals surface area contributed by atoms with Gasteiger partial charge in [0, 0.05) is 29.8 Å². The summed E-state index contributed by atoms with van der Waals surface area (Å²) in [5, 5.41) is 3.02. The van der Waals surface area contributed by atoms with Gasteiger partial charge in [-0.2, -0.15) is 0 Å². The summed E-state index contributed by atoms with van der Waals surface area (Å²) in [6.07, 6.45) is 1.11. The SMILES string of the molecule is COc1cccc(-c2cc(C(=O)Nc3ccc(-c4ccc5c(c4)N4CN(C)CCC4O5)cc3)ccc2OC)c1. The van der Waals surface area contributed by atoms with Crippen LogP contribution in [0.15, 0.2) is 84.9 Å². The van der Waals surface area contributed by atoms with Crippen molar-refractivity contribution in [2.75, 3.05) is 44.7 Å². The molecule has 0 saturated carbocycles. The standard InChI is InChI=1S/C32H31N3O4/c1-34-16-15-31-35(20-34)28-19-22(9-14-30(28)39-31)21-7-11-25(12-8-21)33-32(36)24-10-13-29(38-3)27(18-24)23-5-4-6-26(17-23)37-2/h4-14,17-19,31H,15-16,20H2,1-3H3,(H,33,36). The molecule has 6 rings (SSSR count). The molecule has 1 atom stereocenters. The first kappa shape index (κ1) is 24.8. The smallest absolute Gasteiger partial charge is 0.255 e. The van der Waals surface area contributed by atoms with E-state index in [1.54, 1.807) is 20.3 Å². The zero-order chi connectivity index (χ0) is 26.9. The normalized spacial score (nSPS) is 16.2. The number of amides is 1. The molecular formula is C32H31N3O4. The molecule has 2 aliphatic rings. The van der Waals surface area contributed by atoms with Gasteiger partial charge in [0.25, 0.3) is 5.91 Å². The van der Waals surface area contributed by atoms with E-state index >= 15 is 0 Å². The van der Waals surface area contributed by atoms with Crippen molar-refractivity contribution in [3.8, 4) is 39.5 Å². The van der Waals surface area contributed by atoms with Crippen molar-refractivity contribution in [1.82, 2.24) is 4.90 Å². The minimum Gasteiger partial charge on any atom is -0.497 e. The first-order chi connectivity index (χ1) is 19.0. The van der Waals surface area contributed by atoms with E-state index in [1.807, 2.05) is 60.7 Å². The molecule has 7 heteroatoms. The molecular weight excluding hydrogens is 490 g/mol. The summed E-state index contributed by atoms with van der Waals surface area (Å²) in [5.74, 6) is 2.18. The number of nitrogens with one attached hydrogen (secondary N) is 1. The van der Waals surface area contributed by atoms with Gasteiger partial charge in [0.2, 0.25) is 0 Å². The molecule has 0 radical (unpaired) electrons. The highest BCUT2D eigenvalue weighted by Crippen LogP contribution is 2.42. The Labute approximate surface area is 228 Å². The van der Waals surface area contributed by atoms with Crippen LogP contribution in [0.3, 0.4) is 0 Å². The number of anilines is 2. The summed E-state index contributed by atoms with van der Waals surface area (Å²) < 4.78 is 17.1. The second-order valence-corrected chi connectivity index (χ2v) is 9.91. The number of benzene rings is 4. The van der Waals surface area contributed by atoms with E-state index in [0.717, 1.165) is 64.8 Å². The molecule has 1 amide bonds. The maximum atomic E-state index is 13.2. The molecule has 1 N–H and O–H groups in total. The Morgan fingerprint density at radius 1 is 0.897 bits per heavy atom. The van der Waals surface area contributed by atoms with Crippen LogP contribution in [0, 0.1) is 0 Å². The molecule has 39 heavy (non-hydrogen) atoms. The molecule has 0 spiro atoms. The second-order valence-electron chi connectivity index (χ2n) is 9.91. The minimum absolute atomic E-state index is 0.117. The second kappa shape index (κ2) is 10.3. The van der Waals surface area contributed by atoms with Gasteiger partial charge in [-0.15, -0.1) is 0 Å². The van der Waals surface area contributed by atoms with Crippen LogP contribution in [0.1, 0.15) is 16.8 Å². The molecule has 1 fully saturated rings.